The maximum Gasteiger partial charge on any atom is 0.433 e. The lowest BCUT2D eigenvalue weighted by Crippen LogP contribution is -2.45. The molecule has 3 heterocycles. The van der Waals surface area contributed by atoms with Gasteiger partial charge in [-0.05, 0) is 31.0 Å². The standard InChI is InChI=1S/C15H17F3N4OS.C2H6/c1-21-13(15(16,17)18)7-10(20-21)11-4-5-12(24-11)14(23)22-6-2-3-9(19)8-22;1-2/h4-5,7,9H,2-3,6,8,19H2,1H3;1-2H3. The summed E-state index contributed by atoms with van der Waals surface area (Å²) in [5.41, 5.74) is 5.28. The summed E-state index contributed by atoms with van der Waals surface area (Å²) in [7, 11) is 1.25. The molecule has 2 aromatic heterocycles. The van der Waals surface area contributed by atoms with E-state index in [1.807, 2.05) is 13.8 Å². The highest BCUT2D eigenvalue weighted by Crippen LogP contribution is 2.34. The summed E-state index contributed by atoms with van der Waals surface area (Å²) >= 11 is 1.15. The Kier molecular flexibility index (Phi) is 6.46. The molecule has 5 nitrogen and oxygen atoms in total. The molecule has 1 fully saturated rings. The number of halogens is 3. The van der Waals surface area contributed by atoms with Gasteiger partial charge in [0.2, 0.25) is 0 Å². The molecule has 1 unspecified atom stereocenters. The van der Waals surface area contributed by atoms with Crippen LogP contribution in [0.3, 0.4) is 0 Å². The van der Waals surface area contributed by atoms with Crippen molar-refractivity contribution in [2.75, 3.05) is 13.1 Å². The quantitative estimate of drug-likeness (QED) is 0.852. The van der Waals surface area contributed by atoms with E-state index in [1.165, 1.54) is 7.05 Å². The van der Waals surface area contributed by atoms with Crippen LogP contribution in [0.4, 0.5) is 13.2 Å². The zero-order valence-electron chi connectivity index (χ0n) is 15.0. The molecule has 0 bridgehead atoms. The molecule has 26 heavy (non-hydrogen) atoms. The number of carbonyl (C=O) groups excluding carboxylic acids is 1. The van der Waals surface area contributed by atoms with Gasteiger partial charge >= 0.3 is 6.18 Å². The number of hydrogen-bond acceptors (Lipinski definition) is 4. The van der Waals surface area contributed by atoms with Gasteiger partial charge in [0.1, 0.15) is 11.4 Å². The minimum atomic E-state index is -4.46. The molecule has 3 rings (SSSR count). The largest absolute Gasteiger partial charge is 0.433 e. The number of piperidine rings is 1. The number of nitrogens with zero attached hydrogens (tertiary/aromatic N) is 3. The van der Waals surface area contributed by atoms with Crippen molar-refractivity contribution in [3.05, 3.63) is 28.8 Å². The van der Waals surface area contributed by atoms with Gasteiger partial charge in [-0.25, -0.2) is 0 Å². The van der Waals surface area contributed by atoms with E-state index in [0.717, 1.165) is 34.9 Å². The van der Waals surface area contributed by atoms with E-state index in [1.54, 1.807) is 17.0 Å². The molecule has 2 aromatic rings. The molecular formula is C17H23F3N4OS. The van der Waals surface area contributed by atoms with Gasteiger partial charge in [-0.1, -0.05) is 13.8 Å². The zero-order chi connectivity index (χ0) is 19.5. The third-order valence-corrected chi connectivity index (χ3v) is 5.08. The lowest BCUT2D eigenvalue weighted by Gasteiger charge is -2.30. The van der Waals surface area contributed by atoms with Gasteiger partial charge in [0.05, 0.1) is 9.75 Å². The van der Waals surface area contributed by atoms with E-state index in [2.05, 4.69) is 5.10 Å². The second kappa shape index (κ2) is 8.22. The van der Waals surface area contributed by atoms with E-state index in [4.69, 9.17) is 5.73 Å². The molecule has 1 saturated heterocycles. The van der Waals surface area contributed by atoms with Crippen LogP contribution in [-0.2, 0) is 13.2 Å². The molecule has 0 aromatic carbocycles. The average molecular weight is 388 g/mol. The van der Waals surface area contributed by atoms with Crippen LogP contribution in [0, 0.1) is 0 Å². The predicted molar refractivity (Wildman–Crippen MR) is 96.0 cm³/mol. The molecule has 144 valence electrons. The number of hydrogen-bond donors (Lipinski definition) is 1. The number of carbonyl (C=O) groups is 1. The number of alkyl halides is 3. The summed E-state index contributed by atoms with van der Waals surface area (Å²) in [6.45, 7) is 5.16. The van der Waals surface area contributed by atoms with Crippen molar-refractivity contribution in [1.29, 1.82) is 0 Å². The fourth-order valence-electron chi connectivity index (χ4n) is 2.79. The van der Waals surface area contributed by atoms with Crippen molar-refractivity contribution in [3.8, 4) is 10.6 Å². The van der Waals surface area contributed by atoms with Gasteiger partial charge in [-0.2, -0.15) is 18.3 Å². The maximum atomic E-state index is 12.9. The molecule has 1 aliphatic heterocycles. The van der Waals surface area contributed by atoms with Gasteiger partial charge in [-0.3, -0.25) is 9.48 Å². The molecule has 0 saturated carbocycles. The Balaban J connectivity index is 0.00000117. The van der Waals surface area contributed by atoms with Gasteiger partial charge in [-0.15, -0.1) is 11.3 Å². The third kappa shape index (κ3) is 4.45. The van der Waals surface area contributed by atoms with Crippen LogP contribution in [0.15, 0.2) is 18.2 Å². The van der Waals surface area contributed by atoms with E-state index in [0.29, 0.717) is 22.8 Å². The van der Waals surface area contributed by atoms with Crippen LogP contribution >= 0.6 is 11.3 Å². The molecule has 0 aliphatic carbocycles. The summed E-state index contributed by atoms with van der Waals surface area (Å²) in [5, 5.41) is 3.91. The Labute approximate surface area is 154 Å². The number of nitrogens with two attached hydrogens (primary N) is 1. The first-order valence-electron chi connectivity index (χ1n) is 8.52. The Bertz CT molecular complexity index is 754. The minimum absolute atomic E-state index is 0.0210. The van der Waals surface area contributed by atoms with Crippen LogP contribution in [0.2, 0.25) is 0 Å². The first kappa shape index (κ1) is 20.4. The lowest BCUT2D eigenvalue weighted by atomic mass is 10.1. The van der Waals surface area contributed by atoms with Crippen molar-refractivity contribution >= 4 is 17.2 Å². The smallest absolute Gasteiger partial charge is 0.336 e. The average Bonchev–Trinajstić information content (AvgIpc) is 3.22. The minimum Gasteiger partial charge on any atom is -0.336 e. The van der Waals surface area contributed by atoms with Crippen LogP contribution < -0.4 is 5.73 Å². The highest BCUT2D eigenvalue weighted by Gasteiger charge is 2.35. The normalized spacial score (nSPS) is 17.7. The van der Waals surface area contributed by atoms with E-state index < -0.39 is 11.9 Å². The number of aryl methyl sites for hydroxylation is 1. The molecule has 2 N–H and O–H groups in total. The maximum absolute atomic E-state index is 12.9. The molecule has 9 heteroatoms. The molecule has 0 radical (unpaired) electrons. The molecule has 0 spiro atoms. The molecule has 1 amide bonds. The summed E-state index contributed by atoms with van der Waals surface area (Å²) in [4.78, 5) is 15.2. The monoisotopic (exact) mass is 388 g/mol. The molecule has 1 atom stereocenters. The summed E-state index contributed by atoms with van der Waals surface area (Å²) in [5.74, 6) is -0.131. The highest BCUT2D eigenvalue weighted by atomic mass is 32.1. The van der Waals surface area contributed by atoms with Crippen molar-refractivity contribution in [3.63, 3.8) is 0 Å². The molecular weight excluding hydrogens is 365 g/mol. The van der Waals surface area contributed by atoms with Crippen LogP contribution in [-0.4, -0.2) is 39.7 Å². The second-order valence-corrected chi connectivity index (χ2v) is 6.94. The fourth-order valence-corrected chi connectivity index (χ4v) is 3.72. The van der Waals surface area contributed by atoms with E-state index in [9.17, 15) is 18.0 Å². The Morgan fingerprint density at radius 1 is 1.35 bits per heavy atom. The predicted octanol–water partition coefficient (Wildman–Crippen LogP) is 3.76. The third-order valence-electron chi connectivity index (χ3n) is 3.98. The van der Waals surface area contributed by atoms with Crippen LogP contribution in [0.5, 0.6) is 0 Å². The Morgan fingerprint density at radius 2 is 2.04 bits per heavy atom. The fraction of sp³-hybridized carbons (Fsp3) is 0.529. The van der Waals surface area contributed by atoms with Gasteiger partial charge in [0.25, 0.3) is 5.91 Å². The van der Waals surface area contributed by atoms with Crippen molar-refractivity contribution in [2.45, 2.75) is 38.9 Å². The van der Waals surface area contributed by atoms with Gasteiger partial charge < -0.3 is 10.6 Å². The molecule has 1 aliphatic rings. The summed E-state index contributed by atoms with van der Waals surface area (Å²) < 4.78 is 39.4. The Hall–Kier alpha value is -1.87. The first-order valence-corrected chi connectivity index (χ1v) is 9.33. The zero-order valence-corrected chi connectivity index (χ0v) is 15.8. The van der Waals surface area contributed by atoms with Crippen molar-refractivity contribution < 1.29 is 18.0 Å². The number of amides is 1. The van der Waals surface area contributed by atoms with E-state index >= 15 is 0 Å². The summed E-state index contributed by atoms with van der Waals surface area (Å²) in [6, 6.07) is 4.23. The number of likely N-dealkylation sites (tertiary alicyclic amines) is 1. The SMILES string of the molecule is CC.Cn1nc(-c2ccc(C(=O)N3CCCC(N)C3)s2)cc1C(F)(F)F. The van der Waals surface area contributed by atoms with Gasteiger partial charge in [0.15, 0.2) is 0 Å². The number of thiophene rings is 1. The van der Waals surface area contributed by atoms with Crippen LogP contribution in [0.1, 0.15) is 42.1 Å². The second-order valence-electron chi connectivity index (χ2n) is 5.85. The van der Waals surface area contributed by atoms with Gasteiger partial charge in [0, 0.05) is 26.2 Å². The highest BCUT2D eigenvalue weighted by molar-refractivity contribution is 7.17. The topological polar surface area (TPSA) is 64.2 Å². The number of aromatic nitrogens is 2. The lowest BCUT2D eigenvalue weighted by molar-refractivity contribution is -0.143. The summed E-state index contributed by atoms with van der Waals surface area (Å²) in [6.07, 6.45) is -2.70. The number of rotatable bonds is 2. The van der Waals surface area contributed by atoms with Crippen molar-refractivity contribution in [2.24, 2.45) is 12.8 Å². The first-order chi connectivity index (χ1) is 12.3. The van der Waals surface area contributed by atoms with Crippen molar-refractivity contribution in [1.82, 2.24) is 14.7 Å². The Morgan fingerprint density at radius 3 is 2.62 bits per heavy atom. The van der Waals surface area contributed by atoms with E-state index in [-0.39, 0.29) is 17.6 Å². The van der Waals surface area contributed by atoms with Crippen LogP contribution in [0.25, 0.3) is 10.6 Å².